The Hall–Kier alpha value is -5.41. The number of ether oxygens (including phenoxy) is 1. The van der Waals surface area contributed by atoms with Crippen molar-refractivity contribution < 1.29 is 23.9 Å². The molecule has 0 radical (unpaired) electrons. The number of benzene rings is 2. The van der Waals surface area contributed by atoms with E-state index >= 15 is 0 Å². The Labute approximate surface area is 343 Å². The van der Waals surface area contributed by atoms with Crippen molar-refractivity contribution in [2.45, 2.75) is 69.9 Å². The molecule has 5 fully saturated rings. The van der Waals surface area contributed by atoms with Crippen molar-refractivity contribution in [1.29, 1.82) is 0 Å². The SMILES string of the molecule is CC1(Oc2ccc3[nH]nc(-c4cc(N5CCN(C[C@H]6CC[C@H](CN7CCN(c8ccc9c(c8)C(=O)N(C8CCC(=O)NC8=O)C9=O)CC7)CC6)CC5)ncn4)c3c2)CC1. The summed E-state index contributed by atoms with van der Waals surface area (Å²) in [6.45, 7) is 12.0. The highest BCUT2D eigenvalue weighted by atomic mass is 16.5. The van der Waals surface area contributed by atoms with Crippen molar-refractivity contribution in [3.8, 4) is 17.1 Å². The fraction of sp³-hybridized carbons (Fsp3) is 0.523. The fourth-order valence-electron chi connectivity index (χ4n) is 9.79. The monoisotopic (exact) mass is 800 g/mol. The second-order valence-electron chi connectivity index (χ2n) is 17.7. The van der Waals surface area contributed by atoms with Gasteiger partial charge in [-0.05, 0) is 100 Å². The normalized spacial score (nSPS) is 25.1. The summed E-state index contributed by atoms with van der Waals surface area (Å²) in [6, 6.07) is 12.6. The van der Waals surface area contributed by atoms with E-state index in [2.05, 4.69) is 64.1 Å². The Balaban J connectivity index is 0.666. The maximum absolute atomic E-state index is 13.4. The van der Waals surface area contributed by atoms with Gasteiger partial charge in [0, 0.05) is 89.0 Å². The lowest BCUT2D eigenvalue weighted by atomic mass is 9.81. The van der Waals surface area contributed by atoms with Crippen molar-refractivity contribution in [2.75, 3.05) is 75.2 Å². The Morgan fingerprint density at radius 2 is 1.42 bits per heavy atom. The zero-order valence-corrected chi connectivity index (χ0v) is 33.7. The third kappa shape index (κ3) is 7.66. The smallest absolute Gasteiger partial charge is 0.262 e. The number of fused-ring (bicyclic) bond motifs is 2. The Kier molecular flexibility index (Phi) is 9.82. The van der Waals surface area contributed by atoms with Gasteiger partial charge in [-0.15, -0.1) is 0 Å². The van der Waals surface area contributed by atoms with Gasteiger partial charge in [-0.25, -0.2) is 9.97 Å². The third-order valence-electron chi connectivity index (χ3n) is 13.6. The van der Waals surface area contributed by atoms with Crippen molar-refractivity contribution in [3.63, 3.8) is 0 Å². The number of amides is 4. The van der Waals surface area contributed by atoms with E-state index in [0.29, 0.717) is 11.1 Å². The van der Waals surface area contributed by atoms with Crippen LogP contribution in [0.25, 0.3) is 22.3 Å². The molecule has 3 saturated heterocycles. The number of imide groups is 2. The molecule has 308 valence electrons. The van der Waals surface area contributed by atoms with Crippen LogP contribution < -0.4 is 19.9 Å². The molecule has 1 unspecified atom stereocenters. The summed E-state index contributed by atoms with van der Waals surface area (Å²) in [5.41, 5.74) is 4.13. The largest absolute Gasteiger partial charge is 0.488 e. The molecule has 6 aliphatic rings. The van der Waals surface area contributed by atoms with Gasteiger partial charge in [-0.3, -0.25) is 44.3 Å². The van der Waals surface area contributed by atoms with Gasteiger partial charge in [0.25, 0.3) is 11.8 Å². The molecule has 4 amide bonds. The highest BCUT2D eigenvalue weighted by molar-refractivity contribution is 6.23. The van der Waals surface area contributed by atoms with E-state index in [1.165, 1.54) is 25.7 Å². The lowest BCUT2D eigenvalue weighted by Gasteiger charge is -2.40. The lowest BCUT2D eigenvalue weighted by molar-refractivity contribution is -0.136. The molecule has 10 rings (SSSR count). The molecule has 59 heavy (non-hydrogen) atoms. The number of nitrogens with one attached hydrogen (secondary N) is 2. The van der Waals surface area contributed by atoms with Gasteiger partial charge in [0.1, 0.15) is 35.2 Å². The summed E-state index contributed by atoms with van der Waals surface area (Å²) in [7, 11) is 0. The maximum atomic E-state index is 13.4. The molecule has 6 heterocycles. The van der Waals surface area contributed by atoms with Crippen LogP contribution in [-0.2, 0) is 9.59 Å². The van der Waals surface area contributed by atoms with Crippen LogP contribution in [0.15, 0.2) is 48.8 Å². The first kappa shape index (κ1) is 37.8. The van der Waals surface area contributed by atoms with Crippen LogP contribution >= 0.6 is 0 Å². The molecule has 15 nitrogen and oxygen atoms in total. The van der Waals surface area contributed by atoms with Gasteiger partial charge in [0.15, 0.2) is 0 Å². The van der Waals surface area contributed by atoms with Crippen molar-refractivity contribution in [3.05, 3.63) is 59.9 Å². The Morgan fingerprint density at radius 1 is 0.746 bits per heavy atom. The first-order valence-corrected chi connectivity index (χ1v) is 21.5. The Morgan fingerprint density at radius 3 is 2.10 bits per heavy atom. The van der Waals surface area contributed by atoms with E-state index < -0.39 is 23.8 Å². The fourth-order valence-corrected chi connectivity index (χ4v) is 9.79. The molecule has 2 aromatic heterocycles. The van der Waals surface area contributed by atoms with Crippen LogP contribution in [0.5, 0.6) is 5.75 Å². The van der Waals surface area contributed by atoms with E-state index in [-0.39, 0.29) is 24.3 Å². The number of carbonyl (C=O) groups is 4. The van der Waals surface area contributed by atoms with Crippen molar-refractivity contribution in [2.24, 2.45) is 11.8 Å². The maximum Gasteiger partial charge on any atom is 0.262 e. The van der Waals surface area contributed by atoms with Gasteiger partial charge in [-0.2, -0.15) is 5.10 Å². The molecule has 0 spiro atoms. The average molecular weight is 801 g/mol. The average Bonchev–Trinajstić information content (AvgIpc) is 3.73. The number of hydrogen-bond acceptors (Lipinski definition) is 12. The number of aromatic nitrogens is 4. The molecule has 2 aliphatic carbocycles. The van der Waals surface area contributed by atoms with Crippen molar-refractivity contribution in [1.82, 2.24) is 40.2 Å². The van der Waals surface area contributed by atoms with Gasteiger partial charge < -0.3 is 14.5 Å². The highest BCUT2D eigenvalue weighted by Gasteiger charge is 2.45. The summed E-state index contributed by atoms with van der Waals surface area (Å²) in [5, 5.41) is 11.1. The van der Waals surface area contributed by atoms with Gasteiger partial charge in [0.2, 0.25) is 11.8 Å². The molecule has 2 saturated carbocycles. The van der Waals surface area contributed by atoms with Crippen LogP contribution in [0.2, 0.25) is 0 Å². The number of hydrogen-bond donors (Lipinski definition) is 2. The molecule has 2 aromatic carbocycles. The van der Waals surface area contributed by atoms with Crippen LogP contribution in [0, 0.1) is 11.8 Å². The summed E-state index contributed by atoms with van der Waals surface area (Å²) in [4.78, 5) is 70.8. The number of rotatable bonds is 10. The second-order valence-corrected chi connectivity index (χ2v) is 17.7. The topological polar surface area (TPSA) is 160 Å². The summed E-state index contributed by atoms with van der Waals surface area (Å²) >= 11 is 0. The van der Waals surface area contributed by atoms with E-state index in [4.69, 9.17) is 4.74 Å². The predicted octanol–water partition coefficient (Wildman–Crippen LogP) is 4.10. The molecular formula is C44H52N10O5. The molecule has 2 N–H and O–H groups in total. The number of H-pyrrole nitrogens is 1. The molecular weight excluding hydrogens is 749 g/mol. The van der Waals surface area contributed by atoms with Gasteiger partial charge in [-0.1, -0.05) is 0 Å². The van der Waals surface area contributed by atoms with Crippen LogP contribution in [0.4, 0.5) is 11.5 Å². The molecule has 4 aromatic rings. The minimum atomic E-state index is -0.953. The van der Waals surface area contributed by atoms with Crippen LogP contribution in [-0.4, -0.2) is 136 Å². The number of nitrogens with zero attached hydrogens (tertiary/aromatic N) is 8. The number of piperazine rings is 2. The minimum absolute atomic E-state index is 0.0426. The van der Waals surface area contributed by atoms with E-state index in [9.17, 15) is 19.2 Å². The van der Waals surface area contributed by atoms with Crippen LogP contribution in [0.3, 0.4) is 0 Å². The second kappa shape index (κ2) is 15.3. The summed E-state index contributed by atoms with van der Waals surface area (Å²) in [5.74, 6) is 1.38. The highest BCUT2D eigenvalue weighted by Crippen LogP contribution is 2.41. The molecule has 1 atom stereocenters. The summed E-state index contributed by atoms with van der Waals surface area (Å²) < 4.78 is 6.23. The predicted molar refractivity (Wildman–Crippen MR) is 221 cm³/mol. The van der Waals surface area contributed by atoms with Gasteiger partial charge in [0.05, 0.1) is 22.3 Å². The number of carbonyl (C=O) groups excluding carboxylic acids is 4. The number of piperidine rings is 1. The third-order valence-corrected chi connectivity index (χ3v) is 13.6. The first-order chi connectivity index (χ1) is 28.7. The first-order valence-electron chi connectivity index (χ1n) is 21.5. The minimum Gasteiger partial charge on any atom is -0.488 e. The zero-order chi connectivity index (χ0) is 40.3. The van der Waals surface area contributed by atoms with E-state index in [1.807, 2.05) is 18.2 Å². The van der Waals surface area contributed by atoms with Gasteiger partial charge >= 0.3 is 0 Å². The van der Waals surface area contributed by atoms with E-state index in [1.54, 1.807) is 18.5 Å². The van der Waals surface area contributed by atoms with Crippen LogP contribution in [0.1, 0.15) is 79.0 Å². The number of aromatic amines is 1. The standard InChI is InChI=1S/C44H52N10O5/c1-44(12-13-44)59-31-7-9-35-34(23-31)40(49-48-35)36-24-38(46-27-45-36)53-20-16-51(17-21-53)26-29-4-2-28(3-5-29)25-50-14-18-52(19-15-50)30-6-8-32-33(22-30)43(58)54(42(32)57)37-10-11-39(55)47-41(37)56/h6-9,22-24,27-29,37H,2-5,10-21,25-26H2,1H3,(H,48,49)(H,47,55,56)/t28-,29-,37?. The van der Waals surface area contributed by atoms with Crippen molar-refractivity contribution >= 4 is 46.0 Å². The quantitative estimate of drug-likeness (QED) is 0.222. The number of anilines is 2. The Bertz CT molecular complexity index is 2280. The van der Waals surface area contributed by atoms with E-state index in [0.717, 1.165) is 135 Å². The zero-order valence-electron chi connectivity index (χ0n) is 33.7. The summed E-state index contributed by atoms with van der Waals surface area (Å²) in [6.07, 6.45) is 9.20. The molecule has 15 heteroatoms. The molecule has 0 bridgehead atoms. The molecule has 4 aliphatic heterocycles. The lowest BCUT2D eigenvalue weighted by Crippen LogP contribution is -2.54.